The van der Waals surface area contributed by atoms with E-state index >= 15 is 0 Å². The van der Waals surface area contributed by atoms with Gasteiger partial charge in [0, 0.05) is 49.1 Å². The molecule has 2 amide bonds. The van der Waals surface area contributed by atoms with Gasteiger partial charge in [-0.25, -0.2) is 9.25 Å². The number of aromatic nitrogens is 3. The zero-order valence-electron chi connectivity index (χ0n) is 34.5. The summed E-state index contributed by atoms with van der Waals surface area (Å²) in [4.78, 5) is 50.5. The van der Waals surface area contributed by atoms with E-state index in [1.165, 1.54) is 0 Å². The Morgan fingerprint density at radius 3 is 2.47 bits per heavy atom. The maximum absolute atomic E-state index is 13.9. The summed E-state index contributed by atoms with van der Waals surface area (Å²) in [5.74, 6) is -1.32. The maximum atomic E-state index is 13.9. The number of phosphoric ester groups is 1. The van der Waals surface area contributed by atoms with E-state index in [4.69, 9.17) is 26.4 Å². The van der Waals surface area contributed by atoms with Gasteiger partial charge in [-0.1, -0.05) is 74.4 Å². The quantitative estimate of drug-likeness (QED) is 0.0541. The van der Waals surface area contributed by atoms with Crippen molar-refractivity contribution in [2.45, 2.75) is 135 Å². The zero-order valence-corrected chi connectivity index (χ0v) is 35.4. The minimum atomic E-state index is -4.32. The summed E-state index contributed by atoms with van der Waals surface area (Å²) in [7, 11) is 1.53. The number of carbonyl (C=O) groups is 3. The fraction of sp³-hybridized carbons (Fsp3) is 0.585. The first kappa shape index (κ1) is 46.1. The highest BCUT2D eigenvalue weighted by atomic mass is 31.2. The van der Waals surface area contributed by atoms with Gasteiger partial charge in [0.2, 0.25) is 11.8 Å². The molecule has 3 aromatic rings. The molecule has 3 unspecified atom stereocenters. The molecule has 1 saturated heterocycles. The first-order chi connectivity index (χ1) is 28.2. The molecule has 3 heterocycles. The summed E-state index contributed by atoms with van der Waals surface area (Å²) in [6, 6.07) is 14.1. The van der Waals surface area contributed by atoms with Crippen LogP contribution < -0.4 is 15.5 Å². The number of rotatable bonds is 23. The summed E-state index contributed by atoms with van der Waals surface area (Å²) in [5, 5.41) is 24.8. The molecule has 0 bridgehead atoms. The van der Waals surface area contributed by atoms with E-state index in [-0.39, 0.29) is 63.0 Å². The largest absolute Gasteiger partial charge is 0.480 e. The number of para-hydroxylation sites is 1. The van der Waals surface area contributed by atoms with Gasteiger partial charge in [-0.2, -0.15) is 0 Å². The standard InChI is InChI=1S/C41H58BN6O10P/c1-27(2)44-32(41(51)52)17-13-22-48-40-30-15-8-7-14-29(30)25-47(33-18-10-9-16-31(33)39(40)45-46-48)38(50)20-19-37(49)43-21-11-5-6-12-23-56-59(53,54)58-34-24-36(42)57-35(34)26-55-28(3)4/h7-10,14-16,18,27-28,32,34-36,44H,5-6,11-13,17,19-26H2,1-4H3,(H,43,49)(H,51,52)(H,53,54)/t32?,34?,35-,36-/m1/s1. The van der Waals surface area contributed by atoms with Crippen molar-refractivity contribution in [3.8, 4) is 22.5 Å². The molecule has 2 aliphatic rings. The number of carboxylic acids is 1. The smallest absolute Gasteiger partial charge is 0.472 e. The lowest BCUT2D eigenvalue weighted by molar-refractivity contribution is -0.140. The number of benzene rings is 2. The van der Waals surface area contributed by atoms with Crippen LogP contribution in [0.15, 0.2) is 48.5 Å². The van der Waals surface area contributed by atoms with E-state index in [1.54, 1.807) is 4.90 Å². The number of aryl methyl sites for hydroxylation is 1. The Balaban J connectivity index is 1.08. The number of carboxylic acid groups (broad SMARTS) is 1. The predicted octanol–water partition coefficient (Wildman–Crippen LogP) is 5.36. The van der Waals surface area contributed by atoms with Crippen LogP contribution in [-0.2, 0) is 50.6 Å². The molecule has 5 atom stereocenters. The van der Waals surface area contributed by atoms with Crippen LogP contribution in [0.25, 0.3) is 22.5 Å². The highest BCUT2D eigenvalue weighted by Gasteiger charge is 2.39. The number of hydrogen-bond acceptors (Lipinski definition) is 11. The molecule has 2 aliphatic heterocycles. The Morgan fingerprint density at radius 1 is 1.00 bits per heavy atom. The molecule has 1 fully saturated rings. The number of ether oxygens (including phenoxy) is 2. The summed E-state index contributed by atoms with van der Waals surface area (Å²) >= 11 is 0. The minimum absolute atomic E-state index is 0.00206. The van der Waals surface area contributed by atoms with Gasteiger partial charge in [-0.05, 0) is 57.6 Å². The average Bonchev–Trinajstić information content (AvgIpc) is 3.76. The summed E-state index contributed by atoms with van der Waals surface area (Å²) in [6.07, 6.45) is 2.63. The van der Waals surface area contributed by atoms with Gasteiger partial charge >= 0.3 is 13.8 Å². The highest BCUT2D eigenvalue weighted by Crippen LogP contribution is 2.47. The molecular weight excluding hydrogens is 778 g/mol. The number of amides is 2. The molecular formula is C41H58BN6O10P. The lowest BCUT2D eigenvalue weighted by Crippen LogP contribution is -2.40. The number of hydrogen-bond donors (Lipinski definition) is 4. The number of carbonyl (C=O) groups excluding carboxylic acids is 2. The molecule has 5 rings (SSSR count). The van der Waals surface area contributed by atoms with E-state index in [0.29, 0.717) is 56.6 Å². The number of nitrogens with one attached hydrogen (secondary N) is 2. The SMILES string of the molecule is [B][C@H]1CC(OP(=O)(O)OCCCCCCNC(=O)CCC(=O)N2Cc3ccccc3-c3c(nnn3CCCC(NC(C)C)C(=O)O)-c3ccccc32)[C@@H](COC(C)C)O1. The third-order valence-electron chi connectivity index (χ3n) is 10.1. The molecule has 2 aromatic carbocycles. The minimum Gasteiger partial charge on any atom is -0.480 e. The lowest BCUT2D eigenvalue weighted by Gasteiger charge is -2.28. The highest BCUT2D eigenvalue weighted by molar-refractivity contribution is 7.47. The molecule has 59 heavy (non-hydrogen) atoms. The normalized spacial score (nSPS) is 19.0. The number of aliphatic carboxylic acids is 1. The van der Waals surface area contributed by atoms with E-state index in [0.717, 1.165) is 28.8 Å². The van der Waals surface area contributed by atoms with Gasteiger partial charge in [0.25, 0.3) is 0 Å². The van der Waals surface area contributed by atoms with Gasteiger partial charge in [0.1, 0.15) is 25.7 Å². The van der Waals surface area contributed by atoms with Gasteiger partial charge in [0.05, 0.1) is 43.3 Å². The van der Waals surface area contributed by atoms with Crippen LogP contribution in [0.1, 0.15) is 91.0 Å². The second-order valence-corrected chi connectivity index (χ2v) is 17.0. The summed E-state index contributed by atoms with van der Waals surface area (Å²) in [5.41, 5.74) is 4.60. The van der Waals surface area contributed by atoms with Gasteiger partial charge in [-0.15, -0.1) is 5.10 Å². The number of phosphoric acid groups is 1. The molecule has 2 radical (unpaired) electrons. The molecule has 1 aromatic heterocycles. The van der Waals surface area contributed by atoms with Crippen LogP contribution in [0, 0.1) is 0 Å². The first-order valence-electron chi connectivity index (χ1n) is 20.6. The second-order valence-electron chi connectivity index (χ2n) is 15.6. The van der Waals surface area contributed by atoms with Gasteiger partial charge in [0.15, 0.2) is 0 Å². The fourth-order valence-electron chi connectivity index (χ4n) is 7.25. The molecule has 320 valence electrons. The van der Waals surface area contributed by atoms with Crippen molar-refractivity contribution in [3.63, 3.8) is 0 Å². The number of fused-ring (bicyclic) bond motifs is 5. The third kappa shape index (κ3) is 13.5. The Labute approximate surface area is 347 Å². The topological polar surface area (TPSA) is 204 Å². The van der Waals surface area contributed by atoms with Crippen molar-refractivity contribution < 1.29 is 47.5 Å². The molecule has 0 saturated carbocycles. The molecule has 16 nitrogen and oxygen atoms in total. The van der Waals surface area contributed by atoms with Crippen LogP contribution in [0.2, 0.25) is 0 Å². The molecule has 0 spiro atoms. The summed E-state index contributed by atoms with van der Waals surface area (Å²) < 4.78 is 36.0. The molecule has 18 heteroatoms. The van der Waals surface area contributed by atoms with Crippen molar-refractivity contribution in [2.24, 2.45) is 0 Å². The lowest BCUT2D eigenvalue weighted by atomic mass is 9.95. The summed E-state index contributed by atoms with van der Waals surface area (Å²) in [6.45, 7) is 8.98. The third-order valence-corrected chi connectivity index (χ3v) is 11.1. The maximum Gasteiger partial charge on any atom is 0.472 e. The van der Waals surface area contributed by atoms with Gasteiger partial charge < -0.3 is 35.0 Å². The van der Waals surface area contributed by atoms with Crippen molar-refractivity contribution in [1.29, 1.82) is 0 Å². The van der Waals surface area contributed by atoms with Crippen LogP contribution >= 0.6 is 7.82 Å². The monoisotopic (exact) mass is 836 g/mol. The number of unbranched alkanes of at least 4 members (excludes halogenated alkanes) is 3. The zero-order chi connectivity index (χ0) is 42.5. The van der Waals surface area contributed by atoms with Gasteiger partial charge in [-0.3, -0.25) is 23.4 Å². The molecule has 0 aliphatic carbocycles. The van der Waals surface area contributed by atoms with Crippen molar-refractivity contribution in [3.05, 3.63) is 54.1 Å². The van der Waals surface area contributed by atoms with Crippen molar-refractivity contribution in [2.75, 3.05) is 24.7 Å². The Hall–Kier alpha value is -3.96. The first-order valence-corrected chi connectivity index (χ1v) is 22.1. The van der Waals surface area contributed by atoms with Crippen LogP contribution in [0.4, 0.5) is 5.69 Å². The Morgan fingerprint density at radius 2 is 1.73 bits per heavy atom. The van der Waals surface area contributed by atoms with Crippen molar-refractivity contribution in [1.82, 2.24) is 25.6 Å². The Kier molecular flexibility index (Phi) is 17.2. The fourth-order valence-corrected chi connectivity index (χ4v) is 8.23. The van der Waals surface area contributed by atoms with E-state index in [1.807, 2.05) is 80.9 Å². The van der Waals surface area contributed by atoms with Crippen LogP contribution in [0.3, 0.4) is 0 Å². The Bertz CT molecular complexity index is 1910. The predicted molar refractivity (Wildman–Crippen MR) is 222 cm³/mol. The van der Waals surface area contributed by atoms with E-state index in [9.17, 15) is 28.9 Å². The van der Waals surface area contributed by atoms with Crippen molar-refractivity contribution >= 4 is 39.1 Å². The molecule has 4 N–H and O–H groups in total. The number of anilines is 1. The average molecular weight is 837 g/mol. The van der Waals surface area contributed by atoms with Crippen LogP contribution in [0.5, 0.6) is 0 Å². The van der Waals surface area contributed by atoms with E-state index in [2.05, 4.69) is 20.9 Å². The van der Waals surface area contributed by atoms with Crippen LogP contribution in [-0.4, -0.2) is 107 Å². The number of nitrogens with zero attached hydrogens (tertiary/aromatic N) is 4. The van der Waals surface area contributed by atoms with E-state index < -0.39 is 38.0 Å². The second kappa shape index (κ2) is 22.1.